The lowest BCUT2D eigenvalue weighted by atomic mass is 9.80. The molecule has 0 saturated carbocycles. The molecule has 0 amide bonds. The highest BCUT2D eigenvalue weighted by Gasteiger charge is 2.52. The van der Waals surface area contributed by atoms with Gasteiger partial charge in [0, 0.05) is 16.9 Å². The normalized spacial score (nSPS) is 19.7. The number of ether oxygens (including phenoxy) is 4. The number of aliphatic hydroxyl groups excluding tert-OH is 1. The van der Waals surface area contributed by atoms with Gasteiger partial charge in [-0.05, 0) is 59.1 Å². The number of hydrogen-bond donors (Lipinski definition) is 1. The number of hydrogen-bond acceptors (Lipinski definition) is 10. The Morgan fingerprint density at radius 2 is 1.38 bits per heavy atom. The van der Waals surface area contributed by atoms with Gasteiger partial charge < -0.3 is 28.5 Å². The first-order valence-corrected chi connectivity index (χ1v) is 19.0. The predicted octanol–water partition coefficient (Wildman–Crippen LogP) is 4.72. The summed E-state index contributed by atoms with van der Waals surface area (Å²) in [6.07, 6.45) is -3.74. The van der Waals surface area contributed by atoms with E-state index in [0.29, 0.717) is 11.5 Å². The third-order valence-electron chi connectivity index (χ3n) is 9.61. The number of benzene rings is 3. The van der Waals surface area contributed by atoms with E-state index in [2.05, 4.69) is 0 Å². The Morgan fingerprint density at radius 3 is 1.86 bits per heavy atom. The maximum absolute atomic E-state index is 13.3. The van der Waals surface area contributed by atoms with E-state index < -0.39 is 54.7 Å². The zero-order valence-electron chi connectivity index (χ0n) is 29.1. The molecule has 266 valence electrons. The van der Waals surface area contributed by atoms with Gasteiger partial charge in [-0.1, -0.05) is 75.4 Å². The molecule has 1 aliphatic rings. The fourth-order valence-corrected chi connectivity index (χ4v) is 7.12. The van der Waals surface area contributed by atoms with Crippen LogP contribution >= 0.6 is 0 Å². The zero-order valence-corrected chi connectivity index (χ0v) is 30.1. The summed E-state index contributed by atoms with van der Waals surface area (Å²) in [5, 5.41) is 22.2. The van der Waals surface area contributed by atoms with Gasteiger partial charge in [-0.2, -0.15) is 0 Å². The van der Waals surface area contributed by atoms with Crippen molar-refractivity contribution >= 4 is 8.32 Å². The SMILES string of the molecule is COc1ccc(C(OC[C@H]2O[C@@H](n3ccc(=O)[15n]([N+](=O)[O-])c3=O)[C@H](O[Si](C)(C)C(C)(C)C)[C@@H]2O)(c2ccccc2)c2ccc(OC)cc2)cc1. The molecule has 1 aromatic heterocycles. The van der Waals surface area contributed by atoms with Crippen molar-refractivity contribution in [3.05, 3.63) is 139 Å². The molecule has 2 heterocycles. The van der Waals surface area contributed by atoms with E-state index in [9.17, 15) is 24.8 Å². The highest BCUT2D eigenvalue weighted by atomic mass is 28.4. The number of nitrogens with zero attached hydrogens (tertiary/aromatic N) is 3. The summed E-state index contributed by atoms with van der Waals surface area (Å²) in [4.78, 5) is 37.3. The summed E-state index contributed by atoms with van der Waals surface area (Å²) in [7, 11) is 0.529. The molecule has 14 heteroatoms. The molecular formula is C36H43N3O10Si. The minimum absolute atomic E-state index is 0.100. The van der Waals surface area contributed by atoms with Gasteiger partial charge in [-0.3, -0.25) is 9.36 Å². The molecule has 3 aromatic carbocycles. The van der Waals surface area contributed by atoms with Gasteiger partial charge in [-0.25, -0.2) is 14.9 Å². The maximum atomic E-state index is 13.3. The molecule has 0 aliphatic carbocycles. The van der Waals surface area contributed by atoms with Crippen LogP contribution in [0.3, 0.4) is 0 Å². The van der Waals surface area contributed by atoms with Crippen LogP contribution in [-0.2, 0) is 19.5 Å². The molecule has 0 bridgehead atoms. The Morgan fingerprint density at radius 1 is 0.860 bits per heavy atom. The molecule has 1 saturated heterocycles. The molecule has 4 aromatic rings. The van der Waals surface area contributed by atoms with Crippen LogP contribution in [-0.4, -0.2) is 66.8 Å². The molecule has 0 unspecified atom stereocenters. The van der Waals surface area contributed by atoms with Crippen molar-refractivity contribution in [1.29, 1.82) is 0 Å². The zero-order chi connectivity index (χ0) is 36.4. The molecule has 0 spiro atoms. The lowest BCUT2D eigenvalue weighted by Crippen LogP contribution is -2.51. The van der Waals surface area contributed by atoms with Crippen LogP contribution in [0.5, 0.6) is 11.5 Å². The highest BCUT2D eigenvalue weighted by Crippen LogP contribution is 2.44. The summed E-state index contributed by atoms with van der Waals surface area (Å²) < 4.78 is 31.7. The fraction of sp³-hybridized carbons (Fsp3) is 0.389. The van der Waals surface area contributed by atoms with E-state index in [4.69, 9.17) is 23.4 Å². The first-order valence-electron chi connectivity index (χ1n) is 16.1. The Labute approximate surface area is 290 Å². The minimum Gasteiger partial charge on any atom is -0.497 e. The summed E-state index contributed by atoms with van der Waals surface area (Å²) in [5.41, 5.74) is -1.30. The van der Waals surface area contributed by atoms with Gasteiger partial charge in [0.05, 0.1) is 20.8 Å². The topological polar surface area (TPSA) is 154 Å². The quantitative estimate of drug-likeness (QED) is 0.0948. The van der Waals surface area contributed by atoms with E-state index in [1.807, 2.05) is 113 Å². The van der Waals surface area contributed by atoms with Crippen molar-refractivity contribution < 1.29 is 33.5 Å². The predicted molar refractivity (Wildman–Crippen MR) is 188 cm³/mol. The lowest BCUT2D eigenvalue weighted by molar-refractivity contribution is -0.549. The molecule has 1 N–H and O–H groups in total. The fourth-order valence-electron chi connectivity index (χ4n) is 5.83. The number of aromatic nitrogens is 2. The molecule has 0 radical (unpaired) electrons. The average molecular weight is 707 g/mol. The molecule has 1 fully saturated rings. The number of rotatable bonds is 12. The maximum Gasteiger partial charge on any atom is 0.394 e. The van der Waals surface area contributed by atoms with Gasteiger partial charge in [-0.15, -0.1) is 0 Å². The van der Waals surface area contributed by atoms with Crippen molar-refractivity contribution in [1.82, 2.24) is 9.24 Å². The Balaban J connectivity index is 1.62. The van der Waals surface area contributed by atoms with Gasteiger partial charge in [0.2, 0.25) is 0 Å². The average Bonchev–Trinajstić information content (AvgIpc) is 3.38. The number of aliphatic hydroxyl groups is 1. The van der Waals surface area contributed by atoms with Crippen LogP contribution in [0.2, 0.25) is 18.1 Å². The van der Waals surface area contributed by atoms with E-state index in [1.165, 1.54) is 0 Å². The van der Waals surface area contributed by atoms with Crippen LogP contribution in [0.25, 0.3) is 0 Å². The molecule has 50 heavy (non-hydrogen) atoms. The third-order valence-corrected chi connectivity index (χ3v) is 14.1. The molecule has 1 aliphatic heterocycles. The van der Waals surface area contributed by atoms with Crippen LogP contribution in [0.4, 0.5) is 0 Å². The van der Waals surface area contributed by atoms with Gasteiger partial charge in [0.1, 0.15) is 35.4 Å². The van der Waals surface area contributed by atoms with Crippen LogP contribution in [0.15, 0.2) is 101 Å². The minimum atomic E-state index is -2.64. The Bertz CT molecular complexity index is 1860. The second-order valence-electron chi connectivity index (χ2n) is 13.6. The smallest absolute Gasteiger partial charge is 0.394 e. The first-order chi connectivity index (χ1) is 23.6. The van der Waals surface area contributed by atoms with Crippen molar-refractivity contribution in [3.8, 4) is 11.5 Å². The highest BCUT2D eigenvalue weighted by molar-refractivity contribution is 6.74. The lowest BCUT2D eigenvalue weighted by Gasteiger charge is -2.40. The summed E-state index contributed by atoms with van der Waals surface area (Å²) in [6.45, 7) is 9.83. The third kappa shape index (κ3) is 6.89. The standard InChI is InChI=1S/C36H43N3O10Si/c1-35(2,3)50(6,7)49-32-31(41)29(48-33(32)37-22-21-30(40)38(34(37)42)39(43)44)23-47-36(24-11-9-8-10-12-24,25-13-17-27(45-4)18-14-25)26-15-19-28(46-5)20-16-26/h8-22,29,31-33,41H,23H2,1-7H3/t29-,31-,32-,33-/m1/s1/i38+1. The monoisotopic (exact) mass is 706 g/mol. The summed E-state index contributed by atoms with van der Waals surface area (Å²) >= 11 is 0. The summed E-state index contributed by atoms with van der Waals surface area (Å²) in [6, 6.07) is 25.4. The first kappa shape index (κ1) is 36.7. The number of nitro groups is 1. The largest absolute Gasteiger partial charge is 0.497 e. The Kier molecular flexibility index (Phi) is 10.5. The van der Waals surface area contributed by atoms with Gasteiger partial charge in [0.25, 0.3) is 0 Å². The van der Waals surface area contributed by atoms with Crippen molar-refractivity contribution in [2.45, 2.75) is 69.0 Å². The van der Waals surface area contributed by atoms with Crippen LogP contribution < -0.4 is 20.7 Å². The van der Waals surface area contributed by atoms with Crippen molar-refractivity contribution in [2.24, 2.45) is 0 Å². The van der Waals surface area contributed by atoms with E-state index in [-0.39, 0.29) is 16.3 Å². The van der Waals surface area contributed by atoms with Gasteiger partial charge >= 0.3 is 11.2 Å². The van der Waals surface area contributed by atoms with Gasteiger partial charge in [0.15, 0.2) is 19.6 Å². The second-order valence-corrected chi connectivity index (χ2v) is 18.4. The molecular weight excluding hydrogens is 663 g/mol. The van der Waals surface area contributed by atoms with E-state index >= 15 is 0 Å². The van der Waals surface area contributed by atoms with E-state index in [1.54, 1.807) is 14.2 Å². The number of methoxy groups -OCH3 is 2. The molecule has 13 nitrogen and oxygen atoms in total. The van der Waals surface area contributed by atoms with Crippen molar-refractivity contribution in [3.63, 3.8) is 0 Å². The second kappa shape index (κ2) is 14.3. The van der Waals surface area contributed by atoms with Crippen LogP contribution in [0, 0.1) is 10.1 Å². The summed E-state index contributed by atoms with van der Waals surface area (Å²) in [5.74, 6) is 1.30. The molecule has 4 atom stereocenters. The van der Waals surface area contributed by atoms with Crippen LogP contribution in [0.1, 0.15) is 43.7 Å². The molecule has 5 rings (SSSR count). The van der Waals surface area contributed by atoms with E-state index in [0.717, 1.165) is 33.5 Å². The van der Waals surface area contributed by atoms with Crippen molar-refractivity contribution in [2.75, 3.05) is 20.8 Å². The Hall–Kier alpha value is -4.60.